The van der Waals surface area contributed by atoms with Crippen molar-refractivity contribution in [2.45, 2.75) is 0 Å². The molecule has 0 fully saturated rings. The molecule has 0 aliphatic heterocycles. The van der Waals surface area contributed by atoms with Crippen LogP contribution >= 0.6 is 11.3 Å². The molecule has 11 rings (SSSR count). The number of rotatable bonds is 5. The van der Waals surface area contributed by atoms with E-state index in [4.69, 9.17) is 19.4 Å². The van der Waals surface area contributed by atoms with Crippen LogP contribution in [0.25, 0.3) is 109 Å². The van der Waals surface area contributed by atoms with Gasteiger partial charge in [0.25, 0.3) is 0 Å². The third-order valence-electron chi connectivity index (χ3n) is 10.3. The van der Waals surface area contributed by atoms with Gasteiger partial charge in [0.15, 0.2) is 17.5 Å². The summed E-state index contributed by atoms with van der Waals surface area (Å²) in [6.45, 7) is 0. The Kier molecular flexibility index (Phi) is 7.00. The van der Waals surface area contributed by atoms with E-state index >= 15 is 0 Å². The number of fused-ring (bicyclic) bond motifs is 8. The number of thiophene rings is 1. The molecule has 0 amide bonds. The van der Waals surface area contributed by atoms with Crippen LogP contribution in [0, 0.1) is 0 Å². The predicted octanol–water partition coefficient (Wildman–Crippen LogP) is 13.6. The van der Waals surface area contributed by atoms with Gasteiger partial charge in [-0.2, -0.15) is 0 Å². The Hall–Kier alpha value is -6.95. The monoisotopic (exact) mass is 707 g/mol. The maximum Gasteiger partial charge on any atom is 0.164 e. The molecule has 0 spiro atoms. The van der Waals surface area contributed by atoms with Crippen molar-refractivity contribution in [3.63, 3.8) is 0 Å². The van der Waals surface area contributed by atoms with Crippen LogP contribution in [-0.4, -0.2) is 15.0 Å². The summed E-state index contributed by atoms with van der Waals surface area (Å²) in [4.78, 5) is 15.9. The standard InChI is InChI=1S/C49H29N3OS/c1-3-13-30(14-4-1)32-17-11-18-34(27-32)47-50-48(38-22-12-24-44-45(38)37-21-9-10-23-43(37)54-44)52-49(51-47)41-29-40-39-28-33(31-15-5-2-6-16-31)25-26-42(39)53-46(40)36-20-8-7-19-35(36)41/h1-29H. The molecule has 3 aromatic heterocycles. The van der Waals surface area contributed by atoms with E-state index in [0.29, 0.717) is 17.5 Å². The van der Waals surface area contributed by atoms with Gasteiger partial charge < -0.3 is 4.42 Å². The third kappa shape index (κ3) is 5.01. The first kappa shape index (κ1) is 30.7. The second-order valence-corrected chi connectivity index (χ2v) is 14.6. The molecule has 54 heavy (non-hydrogen) atoms. The molecule has 0 aliphatic carbocycles. The van der Waals surface area contributed by atoms with Gasteiger partial charge in [0, 0.05) is 53.0 Å². The summed E-state index contributed by atoms with van der Waals surface area (Å²) in [5.41, 5.74) is 9.09. The van der Waals surface area contributed by atoms with Crippen LogP contribution in [-0.2, 0) is 0 Å². The second kappa shape index (κ2) is 12.3. The molecule has 4 nitrogen and oxygen atoms in total. The van der Waals surface area contributed by atoms with Crippen LogP contribution < -0.4 is 0 Å². The largest absolute Gasteiger partial charge is 0.455 e. The van der Waals surface area contributed by atoms with Crippen molar-refractivity contribution in [2.75, 3.05) is 0 Å². The summed E-state index contributed by atoms with van der Waals surface area (Å²) < 4.78 is 9.06. The van der Waals surface area contributed by atoms with Crippen molar-refractivity contribution in [2.24, 2.45) is 0 Å². The molecule has 11 aromatic rings. The third-order valence-corrected chi connectivity index (χ3v) is 11.5. The van der Waals surface area contributed by atoms with Crippen LogP contribution in [0.1, 0.15) is 0 Å². The quantitative estimate of drug-likeness (QED) is 0.179. The van der Waals surface area contributed by atoms with E-state index in [-0.39, 0.29) is 0 Å². The molecule has 8 aromatic carbocycles. The first-order chi connectivity index (χ1) is 26.7. The SMILES string of the molecule is c1ccc(-c2cccc(-c3nc(-c4cc5c6cc(-c7ccccc7)ccc6oc5c5ccccc45)nc(-c4cccc5sc6ccccc6c45)n3)c2)cc1. The van der Waals surface area contributed by atoms with Gasteiger partial charge in [0.2, 0.25) is 0 Å². The highest BCUT2D eigenvalue weighted by atomic mass is 32.1. The Balaban J connectivity index is 1.20. The van der Waals surface area contributed by atoms with E-state index in [0.717, 1.165) is 77.0 Å². The van der Waals surface area contributed by atoms with Crippen LogP contribution in [0.4, 0.5) is 0 Å². The van der Waals surface area contributed by atoms with Crippen molar-refractivity contribution in [1.29, 1.82) is 0 Å². The maximum absolute atomic E-state index is 6.62. The number of hydrogen-bond donors (Lipinski definition) is 0. The summed E-state index contributed by atoms with van der Waals surface area (Å²) in [6, 6.07) is 61.5. The van der Waals surface area contributed by atoms with E-state index in [1.807, 2.05) is 12.1 Å². The molecule has 3 heterocycles. The van der Waals surface area contributed by atoms with E-state index in [9.17, 15) is 0 Å². The summed E-state index contributed by atoms with van der Waals surface area (Å²) in [5, 5.41) is 6.48. The minimum Gasteiger partial charge on any atom is -0.455 e. The van der Waals surface area contributed by atoms with Gasteiger partial charge in [0.05, 0.1) is 0 Å². The van der Waals surface area contributed by atoms with Gasteiger partial charge in [-0.3, -0.25) is 0 Å². The zero-order valence-electron chi connectivity index (χ0n) is 28.9. The van der Waals surface area contributed by atoms with Crippen molar-refractivity contribution < 1.29 is 4.42 Å². The predicted molar refractivity (Wildman–Crippen MR) is 225 cm³/mol. The van der Waals surface area contributed by atoms with Crippen LogP contribution in [0.15, 0.2) is 180 Å². The zero-order chi connectivity index (χ0) is 35.6. The Morgan fingerprint density at radius 3 is 1.74 bits per heavy atom. The molecule has 0 radical (unpaired) electrons. The fourth-order valence-electron chi connectivity index (χ4n) is 7.77. The molecule has 0 bridgehead atoms. The summed E-state index contributed by atoms with van der Waals surface area (Å²) in [5.74, 6) is 1.88. The minimum atomic E-state index is 0.614. The zero-order valence-corrected chi connectivity index (χ0v) is 29.7. The molecular weight excluding hydrogens is 679 g/mol. The molecule has 0 unspecified atom stereocenters. The van der Waals surface area contributed by atoms with Gasteiger partial charge >= 0.3 is 0 Å². The summed E-state index contributed by atoms with van der Waals surface area (Å²) >= 11 is 1.79. The molecular formula is C49H29N3OS. The Labute approximate surface area is 314 Å². The van der Waals surface area contributed by atoms with Crippen molar-refractivity contribution >= 4 is 64.2 Å². The molecule has 0 saturated heterocycles. The lowest BCUT2D eigenvalue weighted by atomic mass is 9.98. The highest BCUT2D eigenvalue weighted by Crippen LogP contribution is 2.43. The lowest BCUT2D eigenvalue weighted by Crippen LogP contribution is -2.01. The van der Waals surface area contributed by atoms with Crippen molar-refractivity contribution in [1.82, 2.24) is 15.0 Å². The summed E-state index contributed by atoms with van der Waals surface area (Å²) in [7, 11) is 0. The number of nitrogens with zero attached hydrogens (tertiary/aromatic N) is 3. The molecule has 0 saturated carbocycles. The van der Waals surface area contributed by atoms with E-state index in [2.05, 4.69) is 164 Å². The summed E-state index contributed by atoms with van der Waals surface area (Å²) in [6.07, 6.45) is 0. The van der Waals surface area contributed by atoms with Crippen LogP contribution in [0.5, 0.6) is 0 Å². The second-order valence-electron chi connectivity index (χ2n) is 13.6. The first-order valence-corrected chi connectivity index (χ1v) is 18.8. The minimum absolute atomic E-state index is 0.614. The van der Waals surface area contributed by atoms with E-state index in [1.165, 1.54) is 14.8 Å². The van der Waals surface area contributed by atoms with E-state index in [1.54, 1.807) is 11.3 Å². The van der Waals surface area contributed by atoms with Crippen LogP contribution in [0.2, 0.25) is 0 Å². The van der Waals surface area contributed by atoms with Gasteiger partial charge in [-0.1, -0.05) is 140 Å². The number of aromatic nitrogens is 3. The topological polar surface area (TPSA) is 51.8 Å². The highest BCUT2D eigenvalue weighted by molar-refractivity contribution is 7.25. The van der Waals surface area contributed by atoms with Gasteiger partial charge in [-0.25, -0.2) is 15.0 Å². The first-order valence-electron chi connectivity index (χ1n) is 18.0. The average molecular weight is 708 g/mol. The van der Waals surface area contributed by atoms with Gasteiger partial charge in [0.1, 0.15) is 11.2 Å². The molecule has 252 valence electrons. The maximum atomic E-state index is 6.62. The Morgan fingerprint density at radius 2 is 0.944 bits per heavy atom. The normalized spacial score (nSPS) is 11.7. The van der Waals surface area contributed by atoms with Crippen molar-refractivity contribution in [3.05, 3.63) is 176 Å². The van der Waals surface area contributed by atoms with Gasteiger partial charge in [-0.05, 0) is 64.0 Å². The van der Waals surface area contributed by atoms with E-state index < -0.39 is 0 Å². The van der Waals surface area contributed by atoms with Gasteiger partial charge in [-0.15, -0.1) is 11.3 Å². The number of benzene rings is 8. The fraction of sp³-hybridized carbons (Fsp3) is 0. The lowest BCUT2D eigenvalue weighted by molar-refractivity contribution is 0.673. The Morgan fingerprint density at radius 1 is 0.352 bits per heavy atom. The molecule has 0 N–H and O–H groups in total. The smallest absolute Gasteiger partial charge is 0.164 e. The average Bonchev–Trinajstić information content (AvgIpc) is 3.82. The number of furan rings is 1. The van der Waals surface area contributed by atoms with Crippen LogP contribution in [0.3, 0.4) is 0 Å². The Bertz CT molecular complexity index is 3220. The lowest BCUT2D eigenvalue weighted by Gasteiger charge is -2.12. The van der Waals surface area contributed by atoms with Crippen molar-refractivity contribution in [3.8, 4) is 56.4 Å². The fourth-order valence-corrected chi connectivity index (χ4v) is 8.90. The molecule has 5 heteroatoms. The molecule has 0 aliphatic rings. The number of hydrogen-bond acceptors (Lipinski definition) is 5. The highest BCUT2D eigenvalue weighted by Gasteiger charge is 2.21. The molecule has 0 atom stereocenters.